The number of esters is 1. The molecule has 1 aromatic carbocycles. The van der Waals surface area contributed by atoms with Gasteiger partial charge in [0.05, 0.1) is 11.5 Å². The van der Waals surface area contributed by atoms with Crippen LogP contribution in [-0.4, -0.2) is 29.4 Å². The minimum atomic E-state index is -0.818. The molecule has 0 heterocycles. The monoisotopic (exact) mass is 280 g/mol. The number of carbonyl (C=O) groups is 2. The van der Waals surface area contributed by atoms with Crippen LogP contribution in [0.5, 0.6) is 0 Å². The van der Waals surface area contributed by atoms with Crippen molar-refractivity contribution in [3.8, 4) is 0 Å². The predicted molar refractivity (Wildman–Crippen MR) is 71.4 cm³/mol. The van der Waals surface area contributed by atoms with Gasteiger partial charge in [0.25, 0.3) is 11.6 Å². The number of nitro groups is 1. The number of amides is 1. The highest BCUT2D eigenvalue weighted by Gasteiger charge is 2.21. The summed E-state index contributed by atoms with van der Waals surface area (Å²) in [5.74, 6) is -1.10. The lowest BCUT2D eigenvalue weighted by molar-refractivity contribution is -0.385. The molecule has 0 aromatic heterocycles. The second-order valence-electron chi connectivity index (χ2n) is 4.15. The van der Waals surface area contributed by atoms with Crippen molar-refractivity contribution in [1.29, 1.82) is 0 Å². The summed E-state index contributed by atoms with van der Waals surface area (Å²) in [6, 6.07) is 3.40. The largest absolute Gasteiger partial charge is 0.464 e. The topological polar surface area (TPSA) is 98.5 Å². The molecule has 0 saturated carbocycles. The van der Waals surface area contributed by atoms with Crippen molar-refractivity contribution >= 4 is 17.6 Å². The van der Waals surface area contributed by atoms with Gasteiger partial charge in [-0.3, -0.25) is 14.9 Å². The van der Waals surface area contributed by atoms with E-state index in [9.17, 15) is 19.7 Å². The van der Waals surface area contributed by atoms with Crippen LogP contribution in [0.1, 0.15) is 29.8 Å². The van der Waals surface area contributed by atoms with Crippen LogP contribution in [0.3, 0.4) is 0 Å². The van der Waals surface area contributed by atoms with Crippen molar-refractivity contribution in [1.82, 2.24) is 5.32 Å². The van der Waals surface area contributed by atoms with Crippen molar-refractivity contribution in [3.05, 3.63) is 39.4 Å². The Kier molecular flexibility index (Phi) is 5.19. The number of nitrogens with one attached hydrogen (secondary N) is 1. The van der Waals surface area contributed by atoms with Crippen LogP contribution < -0.4 is 5.32 Å². The molecule has 1 rings (SSSR count). The fourth-order valence-electron chi connectivity index (χ4n) is 1.67. The molecule has 7 heteroatoms. The highest BCUT2D eigenvalue weighted by Crippen LogP contribution is 2.20. The van der Waals surface area contributed by atoms with E-state index in [-0.39, 0.29) is 23.4 Å². The van der Waals surface area contributed by atoms with Crippen LogP contribution in [0.2, 0.25) is 0 Å². The van der Waals surface area contributed by atoms with Gasteiger partial charge in [-0.05, 0) is 26.8 Å². The molecule has 1 atom stereocenters. The number of hydrogen-bond donors (Lipinski definition) is 1. The van der Waals surface area contributed by atoms with Crippen molar-refractivity contribution in [3.63, 3.8) is 0 Å². The zero-order valence-corrected chi connectivity index (χ0v) is 11.5. The summed E-state index contributed by atoms with van der Waals surface area (Å²) in [6.07, 6.45) is 0. The van der Waals surface area contributed by atoms with Gasteiger partial charge in [-0.2, -0.15) is 0 Å². The van der Waals surface area contributed by atoms with Crippen LogP contribution in [0.25, 0.3) is 0 Å². The van der Waals surface area contributed by atoms with Gasteiger partial charge in [0.15, 0.2) is 0 Å². The normalized spacial score (nSPS) is 11.6. The fraction of sp³-hybridized carbons (Fsp3) is 0.385. The number of nitrogens with zero attached hydrogens (tertiary/aromatic N) is 1. The Labute approximate surface area is 116 Å². The SMILES string of the molecule is CCOC(=O)C(C)NC(=O)c1cccc([N+](=O)[O-])c1C. The smallest absolute Gasteiger partial charge is 0.328 e. The average molecular weight is 280 g/mol. The molecule has 7 nitrogen and oxygen atoms in total. The lowest BCUT2D eigenvalue weighted by atomic mass is 10.1. The van der Waals surface area contributed by atoms with Crippen LogP contribution in [-0.2, 0) is 9.53 Å². The van der Waals surface area contributed by atoms with Crippen LogP contribution >= 0.6 is 0 Å². The third kappa shape index (κ3) is 3.53. The standard InChI is InChI=1S/C13H16N2O5/c1-4-20-13(17)9(3)14-12(16)10-6-5-7-11(8(10)2)15(18)19/h5-7,9H,4H2,1-3H3,(H,14,16). The number of rotatable bonds is 5. The third-order valence-electron chi connectivity index (χ3n) is 2.73. The first kappa shape index (κ1) is 15.6. The van der Waals surface area contributed by atoms with Crippen molar-refractivity contribution in [2.24, 2.45) is 0 Å². The Morgan fingerprint density at radius 1 is 1.45 bits per heavy atom. The summed E-state index contributed by atoms with van der Waals surface area (Å²) in [5, 5.41) is 13.3. The van der Waals surface area contributed by atoms with Crippen molar-refractivity contribution in [2.45, 2.75) is 26.8 Å². The van der Waals surface area contributed by atoms with E-state index >= 15 is 0 Å². The predicted octanol–water partition coefficient (Wildman–Crippen LogP) is 1.58. The van der Waals surface area contributed by atoms with Gasteiger partial charge in [0.2, 0.25) is 0 Å². The lowest BCUT2D eigenvalue weighted by Crippen LogP contribution is -2.39. The van der Waals surface area contributed by atoms with Gasteiger partial charge in [0.1, 0.15) is 6.04 Å². The first-order valence-corrected chi connectivity index (χ1v) is 6.10. The molecular weight excluding hydrogens is 264 g/mol. The van der Waals surface area contributed by atoms with Gasteiger partial charge in [-0.1, -0.05) is 6.07 Å². The molecule has 20 heavy (non-hydrogen) atoms. The van der Waals surface area contributed by atoms with E-state index in [4.69, 9.17) is 4.74 Å². The zero-order valence-electron chi connectivity index (χ0n) is 11.5. The van der Waals surface area contributed by atoms with Gasteiger partial charge >= 0.3 is 5.97 Å². The maximum atomic E-state index is 12.0. The zero-order chi connectivity index (χ0) is 15.3. The first-order valence-electron chi connectivity index (χ1n) is 6.10. The average Bonchev–Trinajstić information content (AvgIpc) is 2.38. The number of ether oxygens (including phenoxy) is 1. The van der Waals surface area contributed by atoms with E-state index in [1.807, 2.05) is 0 Å². The minimum Gasteiger partial charge on any atom is -0.464 e. The number of nitro benzene ring substituents is 1. The number of benzene rings is 1. The van der Waals surface area contributed by atoms with Crippen LogP contribution in [0.4, 0.5) is 5.69 Å². The highest BCUT2D eigenvalue weighted by atomic mass is 16.6. The van der Waals surface area contributed by atoms with Crippen molar-refractivity contribution in [2.75, 3.05) is 6.61 Å². The Hall–Kier alpha value is -2.44. The third-order valence-corrected chi connectivity index (χ3v) is 2.73. The molecular formula is C13H16N2O5. The molecule has 0 spiro atoms. The van der Waals surface area contributed by atoms with Gasteiger partial charge in [-0.15, -0.1) is 0 Å². The summed E-state index contributed by atoms with van der Waals surface area (Å²) in [6.45, 7) is 4.86. The van der Waals surface area contributed by atoms with E-state index in [0.717, 1.165) is 0 Å². The Morgan fingerprint density at radius 3 is 2.65 bits per heavy atom. The molecule has 0 fully saturated rings. The van der Waals surface area contributed by atoms with Crippen LogP contribution in [0, 0.1) is 17.0 Å². The van der Waals surface area contributed by atoms with E-state index < -0.39 is 22.8 Å². The molecule has 0 aliphatic rings. The lowest BCUT2D eigenvalue weighted by Gasteiger charge is -2.13. The van der Waals surface area contributed by atoms with Gasteiger partial charge in [0, 0.05) is 17.2 Å². The van der Waals surface area contributed by atoms with Gasteiger partial charge < -0.3 is 10.1 Å². The Bertz CT molecular complexity index is 542. The summed E-state index contributed by atoms with van der Waals surface area (Å²) in [4.78, 5) is 33.7. The van der Waals surface area contributed by atoms with E-state index in [0.29, 0.717) is 0 Å². The first-order chi connectivity index (χ1) is 9.38. The molecule has 1 aromatic rings. The van der Waals surface area contributed by atoms with E-state index in [2.05, 4.69) is 5.32 Å². The quantitative estimate of drug-likeness (QED) is 0.501. The van der Waals surface area contributed by atoms with Gasteiger partial charge in [-0.25, -0.2) is 4.79 Å². The number of carbonyl (C=O) groups excluding carboxylic acids is 2. The molecule has 1 unspecified atom stereocenters. The Balaban J connectivity index is 2.91. The number of hydrogen-bond acceptors (Lipinski definition) is 5. The van der Waals surface area contributed by atoms with E-state index in [1.165, 1.54) is 32.0 Å². The van der Waals surface area contributed by atoms with Crippen molar-refractivity contribution < 1.29 is 19.2 Å². The molecule has 1 amide bonds. The molecule has 0 bridgehead atoms. The summed E-state index contributed by atoms with van der Waals surface area (Å²) < 4.78 is 4.77. The summed E-state index contributed by atoms with van der Waals surface area (Å²) in [7, 11) is 0. The molecule has 108 valence electrons. The Morgan fingerprint density at radius 2 is 2.10 bits per heavy atom. The maximum Gasteiger partial charge on any atom is 0.328 e. The molecule has 1 N–H and O–H groups in total. The minimum absolute atomic E-state index is 0.138. The van der Waals surface area contributed by atoms with Crippen LogP contribution in [0.15, 0.2) is 18.2 Å². The second-order valence-corrected chi connectivity index (χ2v) is 4.15. The van der Waals surface area contributed by atoms with E-state index in [1.54, 1.807) is 6.92 Å². The fourth-order valence-corrected chi connectivity index (χ4v) is 1.67. The summed E-state index contributed by atoms with van der Waals surface area (Å²) in [5.41, 5.74) is 0.280. The maximum absolute atomic E-state index is 12.0. The molecule has 0 aliphatic heterocycles. The molecule has 0 radical (unpaired) electrons. The summed E-state index contributed by atoms with van der Waals surface area (Å²) >= 11 is 0. The molecule has 0 saturated heterocycles. The molecule has 0 aliphatic carbocycles. The highest BCUT2D eigenvalue weighted by molar-refractivity contribution is 5.98. The second kappa shape index (κ2) is 6.65.